The Balaban J connectivity index is 1.86. The number of benzene rings is 2. The largest absolute Gasteiger partial charge is 0.430 e. The van der Waals surface area contributed by atoms with Crippen LogP contribution in [-0.2, 0) is 28.4 Å². The molecule has 0 saturated carbocycles. The summed E-state index contributed by atoms with van der Waals surface area (Å²) in [4.78, 5) is 2.01. The van der Waals surface area contributed by atoms with E-state index in [1.165, 1.54) is 0 Å². The van der Waals surface area contributed by atoms with Crippen LogP contribution in [0.15, 0.2) is 42.5 Å². The maximum absolute atomic E-state index is 13.1. The Labute approximate surface area is 187 Å². The van der Waals surface area contributed by atoms with Gasteiger partial charge in [0.15, 0.2) is 9.84 Å². The zero-order chi connectivity index (χ0) is 24.7. The first kappa shape index (κ1) is 25.5. The van der Waals surface area contributed by atoms with Gasteiger partial charge in [0.05, 0.1) is 11.5 Å². The van der Waals surface area contributed by atoms with Crippen LogP contribution in [0.5, 0.6) is 0 Å². The molecule has 33 heavy (non-hydrogen) atoms. The van der Waals surface area contributed by atoms with Gasteiger partial charge in [-0.15, -0.1) is 0 Å². The van der Waals surface area contributed by atoms with E-state index in [1.807, 2.05) is 17.9 Å². The first-order valence-corrected chi connectivity index (χ1v) is 12.0. The van der Waals surface area contributed by atoms with Crippen molar-refractivity contribution in [2.75, 3.05) is 24.6 Å². The molecule has 0 radical (unpaired) electrons. The average Bonchev–Trinajstić information content (AvgIpc) is 2.73. The van der Waals surface area contributed by atoms with Gasteiger partial charge >= 0.3 is 12.4 Å². The third kappa shape index (κ3) is 5.20. The van der Waals surface area contributed by atoms with Crippen LogP contribution in [0.1, 0.15) is 23.6 Å². The van der Waals surface area contributed by atoms with E-state index in [4.69, 9.17) is 0 Å². The molecule has 1 N–H and O–H groups in total. The molecule has 0 aromatic heterocycles. The van der Waals surface area contributed by atoms with Gasteiger partial charge in [-0.05, 0) is 28.7 Å². The third-order valence-electron chi connectivity index (χ3n) is 5.83. The summed E-state index contributed by atoms with van der Waals surface area (Å²) in [6, 6.07) is 8.96. The molecule has 0 spiro atoms. The minimum atomic E-state index is -5.93. The zero-order valence-electron chi connectivity index (χ0n) is 17.7. The fourth-order valence-electron chi connectivity index (χ4n) is 3.87. The SMILES string of the molecule is CCc1cc(CN2CCS(=O)(=O)CC2)ccc1-c1ccc(C(O)(C(F)(F)F)C(F)(F)F)cc1. The van der Waals surface area contributed by atoms with E-state index < -0.39 is 33.4 Å². The van der Waals surface area contributed by atoms with Crippen molar-refractivity contribution in [3.8, 4) is 11.1 Å². The molecule has 11 heteroatoms. The van der Waals surface area contributed by atoms with Crippen molar-refractivity contribution in [1.29, 1.82) is 0 Å². The Hall–Kier alpha value is -2.11. The van der Waals surface area contributed by atoms with Crippen molar-refractivity contribution in [3.05, 3.63) is 59.2 Å². The number of aliphatic hydroxyl groups is 1. The van der Waals surface area contributed by atoms with Gasteiger partial charge in [0.25, 0.3) is 5.60 Å². The number of halogens is 6. The smallest absolute Gasteiger partial charge is 0.369 e. The minimum absolute atomic E-state index is 0.0975. The average molecular weight is 495 g/mol. The monoisotopic (exact) mass is 495 g/mol. The lowest BCUT2D eigenvalue weighted by molar-refractivity contribution is -0.376. The molecule has 1 aliphatic rings. The van der Waals surface area contributed by atoms with Gasteiger partial charge in [0, 0.05) is 25.2 Å². The zero-order valence-corrected chi connectivity index (χ0v) is 18.5. The van der Waals surface area contributed by atoms with Crippen LogP contribution in [0.25, 0.3) is 11.1 Å². The number of hydrogen-bond acceptors (Lipinski definition) is 4. The molecule has 0 aliphatic carbocycles. The van der Waals surface area contributed by atoms with Crippen LogP contribution in [0, 0.1) is 0 Å². The summed E-state index contributed by atoms with van der Waals surface area (Å²) in [6.07, 6.45) is -11.3. The predicted octanol–water partition coefficient (Wildman–Crippen LogP) is 4.46. The Morgan fingerprint density at radius 1 is 0.909 bits per heavy atom. The normalized spacial score (nSPS) is 17.8. The minimum Gasteiger partial charge on any atom is -0.369 e. The van der Waals surface area contributed by atoms with Gasteiger partial charge in [-0.2, -0.15) is 26.3 Å². The molecule has 2 aromatic rings. The maximum atomic E-state index is 13.1. The molecule has 2 aromatic carbocycles. The van der Waals surface area contributed by atoms with Crippen LogP contribution in [0.4, 0.5) is 26.3 Å². The summed E-state index contributed by atoms with van der Waals surface area (Å²) in [7, 11) is -3.00. The van der Waals surface area contributed by atoms with E-state index >= 15 is 0 Å². The van der Waals surface area contributed by atoms with Crippen LogP contribution in [-0.4, -0.2) is 55.4 Å². The third-order valence-corrected chi connectivity index (χ3v) is 7.44. The van der Waals surface area contributed by atoms with Crippen molar-refractivity contribution >= 4 is 9.84 Å². The lowest BCUT2D eigenvalue weighted by Crippen LogP contribution is -2.53. The summed E-state index contributed by atoms with van der Waals surface area (Å²) in [5.74, 6) is 0.195. The van der Waals surface area contributed by atoms with E-state index in [0.717, 1.165) is 23.3 Å². The molecule has 1 fully saturated rings. The van der Waals surface area contributed by atoms with Gasteiger partial charge in [-0.3, -0.25) is 4.90 Å². The van der Waals surface area contributed by atoms with E-state index in [1.54, 1.807) is 12.1 Å². The molecule has 1 aliphatic heterocycles. The fraction of sp³-hybridized carbons (Fsp3) is 0.455. The number of hydrogen-bond donors (Lipinski definition) is 1. The molecule has 1 saturated heterocycles. The Morgan fingerprint density at radius 3 is 1.94 bits per heavy atom. The molecule has 0 amide bonds. The van der Waals surface area contributed by atoms with Crippen LogP contribution >= 0.6 is 0 Å². The number of sulfone groups is 1. The van der Waals surface area contributed by atoms with Crippen molar-refractivity contribution in [2.45, 2.75) is 37.8 Å². The van der Waals surface area contributed by atoms with Crippen LogP contribution in [0.2, 0.25) is 0 Å². The quantitative estimate of drug-likeness (QED) is 0.623. The summed E-state index contributed by atoms with van der Waals surface area (Å²) in [5.41, 5.74) is -3.44. The molecule has 1 heterocycles. The van der Waals surface area contributed by atoms with Gasteiger partial charge in [0.1, 0.15) is 0 Å². The molecule has 0 atom stereocenters. The molecule has 4 nitrogen and oxygen atoms in total. The Bertz CT molecular complexity index is 1070. The Morgan fingerprint density at radius 2 is 1.45 bits per heavy atom. The molecule has 0 unspecified atom stereocenters. The molecular formula is C22H23F6NO3S. The molecule has 3 rings (SSSR count). The Kier molecular flexibility index (Phi) is 6.89. The second-order valence-electron chi connectivity index (χ2n) is 8.06. The molecule has 182 valence electrons. The number of alkyl halides is 6. The molecular weight excluding hydrogens is 472 g/mol. The highest BCUT2D eigenvalue weighted by Crippen LogP contribution is 2.50. The van der Waals surface area contributed by atoms with E-state index in [-0.39, 0.29) is 11.5 Å². The number of nitrogens with zero attached hydrogens (tertiary/aromatic N) is 1. The fourth-order valence-corrected chi connectivity index (χ4v) is 5.14. The highest BCUT2D eigenvalue weighted by Gasteiger charge is 2.71. The van der Waals surface area contributed by atoms with Gasteiger partial charge in [-0.25, -0.2) is 8.42 Å². The summed E-state index contributed by atoms with van der Waals surface area (Å²) in [5, 5.41) is 9.55. The summed E-state index contributed by atoms with van der Waals surface area (Å²) in [6.45, 7) is 3.26. The van der Waals surface area contributed by atoms with Crippen molar-refractivity contribution in [3.63, 3.8) is 0 Å². The lowest BCUT2D eigenvalue weighted by Gasteiger charge is -2.32. The summed E-state index contributed by atoms with van der Waals surface area (Å²) >= 11 is 0. The highest BCUT2D eigenvalue weighted by atomic mass is 32.2. The second-order valence-corrected chi connectivity index (χ2v) is 10.4. The topological polar surface area (TPSA) is 57.6 Å². The first-order chi connectivity index (χ1) is 15.2. The second kappa shape index (κ2) is 8.92. The molecule has 0 bridgehead atoms. The van der Waals surface area contributed by atoms with Crippen LogP contribution < -0.4 is 0 Å². The maximum Gasteiger partial charge on any atom is 0.430 e. The first-order valence-electron chi connectivity index (χ1n) is 10.2. The van der Waals surface area contributed by atoms with E-state index in [0.29, 0.717) is 49.3 Å². The van der Waals surface area contributed by atoms with Crippen molar-refractivity contribution in [1.82, 2.24) is 4.90 Å². The lowest BCUT2D eigenvalue weighted by atomic mass is 9.89. The van der Waals surface area contributed by atoms with E-state index in [9.17, 15) is 39.9 Å². The van der Waals surface area contributed by atoms with Crippen molar-refractivity contribution < 1.29 is 39.9 Å². The van der Waals surface area contributed by atoms with Gasteiger partial charge in [0.2, 0.25) is 0 Å². The number of aryl methyl sites for hydroxylation is 1. The highest BCUT2D eigenvalue weighted by molar-refractivity contribution is 7.91. The van der Waals surface area contributed by atoms with E-state index in [2.05, 4.69) is 0 Å². The van der Waals surface area contributed by atoms with Crippen molar-refractivity contribution in [2.24, 2.45) is 0 Å². The number of rotatable bonds is 5. The summed E-state index contributed by atoms with van der Waals surface area (Å²) < 4.78 is 102. The predicted molar refractivity (Wildman–Crippen MR) is 111 cm³/mol. The van der Waals surface area contributed by atoms with Gasteiger partial charge in [-0.1, -0.05) is 49.4 Å². The van der Waals surface area contributed by atoms with Crippen LogP contribution in [0.3, 0.4) is 0 Å². The standard InChI is InChI=1S/C22H23F6NO3S/c1-2-16-13-15(14-29-9-11-33(31,32)12-10-29)3-8-19(16)17-4-6-18(7-5-17)20(30,21(23,24)25)22(26,27)28/h3-8,13,30H,2,9-12,14H2,1H3. The van der Waals surface area contributed by atoms with Gasteiger partial charge < -0.3 is 5.11 Å².